The van der Waals surface area contributed by atoms with Gasteiger partial charge in [0, 0.05) is 16.1 Å². The van der Waals surface area contributed by atoms with Crippen molar-refractivity contribution in [3.05, 3.63) is 39.5 Å². The van der Waals surface area contributed by atoms with Crippen molar-refractivity contribution in [2.75, 3.05) is 7.11 Å². The quantitative estimate of drug-likeness (QED) is 0.757. The number of hydrogen-bond acceptors (Lipinski definition) is 3. The number of carbonyl (C=O) groups is 1. The predicted molar refractivity (Wildman–Crippen MR) is 65.8 cm³/mol. The van der Waals surface area contributed by atoms with E-state index in [4.69, 9.17) is 16.3 Å². The number of carbonyl (C=O) groups excluding carboxylic acids is 1. The molecule has 0 radical (unpaired) electrons. The van der Waals surface area contributed by atoms with Gasteiger partial charge < -0.3 is 4.74 Å². The maximum Gasteiger partial charge on any atom is 0.338 e. The van der Waals surface area contributed by atoms with Gasteiger partial charge in [0.15, 0.2) is 0 Å². The van der Waals surface area contributed by atoms with Crippen molar-refractivity contribution in [1.29, 1.82) is 0 Å². The minimum absolute atomic E-state index is 0.401. The molecule has 0 saturated carbocycles. The fourth-order valence-electron chi connectivity index (χ4n) is 1.47. The lowest BCUT2D eigenvalue weighted by Gasteiger charge is -2.05. The first-order chi connectivity index (χ1) is 7.63. The second-order valence-electron chi connectivity index (χ2n) is 3.13. The highest BCUT2D eigenvalue weighted by atomic mass is 79.9. The number of hydrogen-bond donors (Lipinski definition) is 0. The lowest BCUT2D eigenvalue weighted by molar-refractivity contribution is 0.0603. The van der Waals surface area contributed by atoms with Crippen LogP contribution < -0.4 is 0 Å². The molecule has 0 aliphatic rings. The first kappa shape index (κ1) is 11.4. The van der Waals surface area contributed by atoms with Gasteiger partial charge in [-0.25, -0.2) is 4.79 Å². The zero-order chi connectivity index (χ0) is 11.7. The standard InChI is InChI=1S/C11H7BrClNO2/c1-16-11(15)7-2-3-14-10-8(7)4-6(12)5-9(10)13/h2-5H,1H3. The van der Waals surface area contributed by atoms with E-state index in [9.17, 15) is 4.79 Å². The zero-order valence-corrected chi connectivity index (χ0v) is 10.7. The Balaban J connectivity index is 2.81. The highest BCUT2D eigenvalue weighted by molar-refractivity contribution is 9.10. The molecule has 0 aliphatic carbocycles. The third kappa shape index (κ3) is 1.90. The van der Waals surface area contributed by atoms with Gasteiger partial charge in [0.1, 0.15) is 0 Å². The Morgan fingerprint density at radius 1 is 1.50 bits per heavy atom. The van der Waals surface area contributed by atoms with E-state index in [1.807, 2.05) is 0 Å². The largest absolute Gasteiger partial charge is 0.465 e. The van der Waals surface area contributed by atoms with Crippen LogP contribution in [0.15, 0.2) is 28.9 Å². The molecular formula is C11H7BrClNO2. The van der Waals surface area contributed by atoms with Crippen LogP contribution in [-0.4, -0.2) is 18.1 Å². The van der Waals surface area contributed by atoms with Crippen LogP contribution in [0.3, 0.4) is 0 Å². The fraction of sp³-hybridized carbons (Fsp3) is 0.0909. The summed E-state index contributed by atoms with van der Waals surface area (Å²) in [5, 5.41) is 1.17. The van der Waals surface area contributed by atoms with Crippen molar-refractivity contribution in [2.45, 2.75) is 0 Å². The molecule has 0 bridgehead atoms. The van der Waals surface area contributed by atoms with E-state index in [0.717, 1.165) is 4.47 Å². The van der Waals surface area contributed by atoms with Crippen molar-refractivity contribution in [3.63, 3.8) is 0 Å². The van der Waals surface area contributed by atoms with Crippen molar-refractivity contribution in [3.8, 4) is 0 Å². The summed E-state index contributed by atoms with van der Waals surface area (Å²) in [6, 6.07) is 5.13. The monoisotopic (exact) mass is 299 g/mol. The van der Waals surface area contributed by atoms with Gasteiger partial charge in [-0.2, -0.15) is 0 Å². The normalized spacial score (nSPS) is 10.4. The van der Waals surface area contributed by atoms with Gasteiger partial charge >= 0.3 is 5.97 Å². The summed E-state index contributed by atoms with van der Waals surface area (Å²) in [5.41, 5.74) is 1.04. The van der Waals surface area contributed by atoms with Gasteiger partial charge in [-0.15, -0.1) is 0 Å². The number of rotatable bonds is 1. The second kappa shape index (κ2) is 4.39. The van der Waals surface area contributed by atoms with Crippen LogP contribution in [0.1, 0.15) is 10.4 Å². The first-order valence-electron chi connectivity index (χ1n) is 4.45. The van der Waals surface area contributed by atoms with E-state index in [2.05, 4.69) is 20.9 Å². The summed E-state index contributed by atoms with van der Waals surface area (Å²) in [5.74, 6) is -0.401. The van der Waals surface area contributed by atoms with Gasteiger partial charge in [-0.3, -0.25) is 4.98 Å². The predicted octanol–water partition coefficient (Wildman–Crippen LogP) is 3.44. The Bertz CT molecular complexity index is 571. The molecule has 0 saturated heterocycles. The molecule has 0 aliphatic heterocycles. The highest BCUT2D eigenvalue weighted by Crippen LogP contribution is 2.28. The van der Waals surface area contributed by atoms with Crippen LogP contribution in [0.2, 0.25) is 5.02 Å². The molecule has 0 atom stereocenters. The molecule has 1 aromatic carbocycles. The molecule has 0 amide bonds. The minimum Gasteiger partial charge on any atom is -0.465 e. The number of halogens is 2. The number of aromatic nitrogens is 1. The molecule has 2 rings (SSSR count). The summed E-state index contributed by atoms with van der Waals surface area (Å²) < 4.78 is 5.49. The number of nitrogens with zero attached hydrogens (tertiary/aromatic N) is 1. The average molecular weight is 301 g/mol. The van der Waals surface area contributed by atoms with Gasteiger partial charge in [0.25, 0.3) is 0 Å². The molecular weight excluding hydrogens is 293 g/mol. The van der Waals surface area contributed by atoms with E-state index in [-0.39, 0.29) is 0 Å². The molecule has 0 unspecified atom stereocenters. The zero-order valence-electron chi connectivity index (χ0n) is 8.33. The first-order valence-corrected chi connectivity index (χ1v) is 5.62. The third-order valence-electron chi connectivity index (χ3n) is 2.17. The summed E-state index contributed by atoms with van der Waals surface area (Å²) >= 11 is 9.36. The van der Waals surface area contributed by atoms with Gasteiger partial charge in [-0.1, -0.05) is 27.5 Å². The SMILES string of the molecule is COC(=O)c1ccnc2c(Cl)cc(Br)cc12. The van der Waals surface area contributed by atoms with E-state index in [0.29, 0.717) is 21.5 Å². The maximum atomic E-state index is 11.5. The van der Waals surface area contributed by atoms with Crippen molar-refractivity contribution in [2.24, 2.45) is 0 Å². The van der Waals surface area contributed by atoms with Gasteiger partial charge in [0.2, 0.25) is 0 Å². The van der Waals surface area contributed by atoms with E-state index >= 15 is 0 Å². The van der Waals surface area contributed by atoms with Crippen molar-refractivity contribution in [1.82, 2.24) is 4.98 Å². The van der Waals surface area contributed by atoms with Crippen LogP contribution in [0.25, 0.3) is 10.9 Å². The molecule has 1 aromatic heterocycles. The van der Waals surface area contributed by atoms with E-state index < -0.39 is 5.97 Å². The van der Waals surface area contributed by atoms with Crippen LogP contribution in [-0.2, 0) is 4.74 Å². The molecule has 1 heterocycles. The number of pyridine rings is 1. The van der Waals surface area contributed by atoms with Crippen LogP contribution in [0.5, 0.6) is 0 Å². The third-order valence-corrected chi connectivity index (χ3v) is 2.91. The Morgan fingerprint density at radius 3 is 2.94 bits per heavy atom. The summed E-state index contributed by atoms with van der Waals surface area (Å²) in [6.07, 6.45) is 1.54. The maximum absolute atomic E-state index is 11.5. The highest BCUT2D eigenvalue weighted by Gasteiger charge is 2.12. The lowest BCUT2D eigenvalue weighted by Crippen LogP contribution is -2.02. The smallest absolute Gasteiger partial charge is 0.338 e. The molecule has 3 nitrogen and oxygen atoms in total. The van der Waals surface area contributed by atoms with Crippen LogP contribution >= 0.6 is 27.5 Å². The van der Waals surface area contributed by atoms with Gasteiger partial charge in [0.05, 0.1) is 23.2 Å². The Morgan fingerprint density at radius 2 is 2.25 bits per heavy atom. The van der Waals surface area contributed by atoms with Gasteiger partial charge in [-0.05, 0) is 18.2 Å². The van der Waals surface area contributed by atoms with E-state index in [1.54, 1.807) is 18.2 Å². The Kier molecular flexibility index (Phi) is 3.12. The number of benzene rings is 1. The number of methoxy groups -OCH3 is 1. The number of ether oxygens (including phenoxy) is 1. The van der Waals surface area contributed by atoms with E-state index in [1.165, 1.54) is 13.3 Å². The summed E-state index contributed by atoms with van der Waals surface area (Å²) in [7, 11) is 1.34. The summed E-state index contributed by atoms with van der Waals surface area (Å²) in [4.78, 5) is 15.7. The van der Waals surface area contributed by atoms with Crippen molar-refractivity contribution < 1.29 is 9.53 Å². The molecule has 82 valence electrons. The topological polar surface area (TPSA) is 39.2 Å². The number of fused-ring (bicyclic) bond motifs is 1. The summed E-state index contributed by atoms with van der Waals surface area (Å²) in [6.45, 7) is 0. The van der Waals surface area contributed by atoms with Crippen LogP contribution in [0, 0.1) is 0 Å². The second-order valence-corrected chi connectivity index (χ2v) is 4.46. The lowest BCUT2D eigenvalue weighted by atomic mass is 10.1. The molecule has 16 heavy (non-hydrogen) atoms. The molecule has 2 aromatic rings. The van der Waals surface area contributed by atoms with Crippen molar-refractivity contribution >= 4 is 44.4 Å². The number of esters is 1. The average Bonchev–Trinajstić information content (AvgIpc) is 2.27. The molecule has 5 heteroatoms. The molecule has 0 spiro atoms. The molecule has 0 N–H and O–H groups in total. The van der Waals surface area contributed by atoms with Crippen LogP contribution in [0.4, 0.5) is 0 Å². The Labute approximate surface area is 106 Å². The molecule has 0 fully saturated rings. The minimum atomic E-state index is -0.401. The Hall–Kier alpha value is -1.13. The fourth-order valence-corrected chi connectivity index (χ4v) is 2.32.